The van der Waals surface area contributed by atoms with Crippen LogP contribution < -0.4 is 10.6 Å². The molecule has 3 aromatic carbocycles. The SMILES string of the molecule is Cc1ccc(-n2c(SCC(=O)Nc3sc4c(c3C(=O)NCc3ccccc3)CCCC4)nnc2-c2ccccc2O)c(C)c1. The molecule has 44 heavy (non-hydrogen) atoms. The fourth-order valence-electron chi connectivity index (χ4n) is 5.53. The second-order valence-corrected chi connectivity index (χ2v) is 12.9. The fraction of sp³-hybridized carbons (Fsp3) is 0.235. The molecule has 6 rings (SSSR count). The summed E-state index contributed by atoms with van der Waals surface area (Å²) in [5.41, 5.74) is 6.21. The summed E-state index contributed by atoms with van der Waals surface area (Å²) in [6.45, 7) is 4.47. The van der Waals surface area contributed by atoms with Gasteiger partial charge in [0.1, 0.15) is 10.8 Å². The van der Waals surface area contributed by atoms with Crippen LogP contribution >= 0.6 is 23.1 Å². The number of rotatable bonds is 9. The molecule has 1 aliphatic carbocycles. The van der Waals surface area contributed by atoms with E-state index in [0.29, 0.717) is 33.7 Å². The first-order valence-corrected chi connectivity index (χ1v) is 16.4. The molecule has 2 aromatic heterocycles. The van der Waals surface area contributed by atoms with E-state index in [-0.39, 0.29) is 23.3 Å². The van der Waals surface area contributed by atoms with Crippen molar-refractivity contribution in [2.24, 2.45) is 0 Å². The van der Waals surface area contributed by atoms with Gasteiger partial charge in [-0.05, 0) is 74.4 Å². The molecule has 0 radical (unpaired) electrons. The monoisotopic (exact) mass is 623 g/mol. The lowest BCUT2D eigenvalue weighted by Gasteiger charge is -2.14. The summed E-state index contributed by atoms with van der Waals surface area (Å²) in [6.07, 6.45) is 3.85. The fourth-order valence-corrected chi connectivity index (χ4v) is 7.58. The molecule has 0 fully saturated rings. The topological polar surface area (TPSA) is 109 Å². The van der Waals surface area contributed by atoms with Crippen molar-refractivity contribution in [3.8, 4) is 22.8 Å². The molecular formula is C34H33N5O3S2. The first kappa shape index (κ1) is 29.7. The van der Waals surface area contributed by atoms with Gasteiger partial charge < -0.3 is 15.7 Å². The van der Waals surface area contributed by atoms with E-state index in [0.717, 1.165) is 53.6 Å². The maximum atomic E-state index is 13.5. The van der Waals surface area contributed by atoms with Crippen LogP contribution in [0.2, 0.25) is 0 Å². The Bertz CT molecular complexity index is 1830. The molecule has 0 unspecified atom stereocenters. The van der Waals surface area contributed by atoms with E-state index < -0.39 is 0 Å². The Morgan fingerprint density at radius 3 is 2.55 bits per heavy atom. The molecule has 0 spiro atoms. The molecule has 0 atom stereocenters. The number of aromatic nitrogens is 3. The van der Waals surface area contributed by atoms with Gasteiger partial charge in [0.05, 0.1) is 22.6 Å². The van der Waals surface area contributed by atoms with Gasteiger partial charge in [0.2, 0.25) is 5.91 Å². The van der Waals surface area contributed by atoms with Crippen LogP contribution in [0.5, 0.6) is 5.75 Å². The van der Waals surface area contributed by atoms with E-state index in [1.165, 1.54) is 28.0 Å². The summed E-state index contributed by atoms with van der Waals surface area (Å²) in [4.78, 5) is 28.0. The predicted molar refractivity (Wildman–Crippen MR) is 176 cm³/mol. The minimum Gasteiger partial charge on any atom is -0.507 e. The molecule has 10 heteroatoms. The summed E-state index contributed by atoms with van der Waals surface area (Å²) in [5, 5.41) is 26.7. The number of carbonyl (C=O) groups excluding carboxylic acids is 2. The second kappa shape index (κ2) is 13.1. The van der Waals surface area contributed by atoms with Crippen LogP contribution in [0.3, 0.4) is 0 Å². The number of carbonyl (C=O) groups is 2. The van der Waals surface area contributed by atoms with Crippen molar-refractivity contribution in [2.75, 3.05) is 11.1 Å². The van der Waals surface area contributed by atoms with E-state index >= 15 is 0 Å². The molecule has 8 nitrogen and oxygen atoms in total. The molecule has 0 aliphatic heterocycles. The van der Waals surface area contributed by atoms with Gasteiger partial charge in [0.25, 0.3) is 5.91 Å². The van der Waals surface area contributed by atoms with Crippen molar-refractivity contribution >= 4 is 39.9 Å². The summed E-state index contributed by atoms with van der Waals surface area (Å²) in [6, 6.07) is 22.9. The number of hydrogen-bond acceptors (Lipinski definition) is 7. The van der Waals surface area contributed by atoms with Crippen molar-refractivity contribution in [2.45, 2.75) is 51.2 Å². The second-order valence-electron chi connectivity index (χ2n) is 10.9. The number of nitrogens with one attached hydrogen (secondary N) is 2. The van der Waals surface area contributed by atoms with Crippen LogP contribution in [0.15, 0.2) is 78.0 Å². The van der Waals surface area contributed by atoms with Crippen molar-refractivity contribution in [1.29, 1.82) is 0 Å². The Hall–Kier alpha value is -4.41. The van der Waals surface area contributed by atoms with Gasteiger partial charge in [-0.15, -0.1) is 21.5 Å². The van der Waals surface area contributed by atoms with Crippen LogP contribution in [0.4, 0.5) is 5.00 Å². The highest BCUT2D eigenvalue weighted by atomic mass is 32.2. The maximum absolute atomic E-state index is 13.5. The summed E-state index contributed by atoms with van der Waals surface area (Å²) in [7, 11) is 0. The minimum absolute atomic E-state index is 0.0669. The predicted octanol–water partition coefficient (Wildman–Crippen LogP) is 6.86. The van der Waals surface area contributed by atoms with Crippen LogP contribution in [0.1, 0.15) is 50.3 Å². The first-order valence-electron chi connectivity index (χ1n) is 14.6. The molecule has 1 aliphatic rings. The molecule has 3 N–H and O–H groups in total. The van der Waals surface area contributed by atoms with Crippen LogP contribution in [-0.2, 0) is 24.2 Å². The lowest BCUT2D eigenvalue weighted by molar-refractivity contribution is -0.113. The third-order valence-electron chi connectivity index (χ3n) is 7.65. The van der Waals surface area contributed by atoms with Gasteiger partial charge in [-0.3, -0.25) is 14.2 Å². The van der Waals surface area contributed by atoms with Gasteiger partial charge in [0.15, 0.2) is 11.0 Å². The third-order valence-corrected chi connectivity index (χ3v) is 9.79. The van der Waals surface area contributed by atoms with E-state index in [9.17, 15) is 14.7 Å². The van der Waals surface area contributed by atoms with E-state index in [4.69, 9.17) is 0 Å². The quantitative estimate of drug-likeness (QED) is 0.155. The van der Waals surface area contributed by atoms with Crippen LogP contribution in [0.25, 0.3) is 17.1 Å². The molecule has 0 bridgehead atoms. The Balaban J connectivity index is 1.24. The number of anilines is 1. The van der Waals surface area contributed by atoms with Gasteiger partial charge in [-0.2, -0.15) is 0 Å². The molecular weight excluding hydrogens is 591 g/mol. The van der Waals surface area contributed by atoms with Crippen molar-refractivity contribution < 1.29 is 14.7 Å². The first-order chi connectivity index (χ1) is 21.4. The number of thioether (sulfide) groups is 1. The number of amides is 2. The van der Waals surface area contributed by atoms with Gasteiger partial charge in [-0.1, -0.05) is 71.9 Å². The van der Waals surface area contributed by atoms with Gasteiger partial charge in [-0.25, -0.2) is 0 Å². The average molecular weight is 624 g/mol. The smallest absolute Gasteiger partial charge is 0.254 e. The summed E-state index contributed by atoms with van der Waals surface area (Å²) < 4.78 is 1.88. The maximum Gasteiger partial charge on any atom is 0.254 e. The third kappa shape index (κ3) is 6.27. The Morgan fingerprint density at radius 1 is 0.977 bits per heavy atom. The minimum atomic E-state index is -0.231. The molecule has 224 valence electrons. The zero-order chi connectivity index (χ0) is 30.6. The molecule has 5 aromatic rings. The Morgan fingerprint density at radius 2 is 1.75 bits per heavy atom. The highest BCUT2D eigenvalue weighted by Gasteiger charge is 2.27. The largest absolute Gasteiger partial charge is 0.507 e. The number of phenols is 1. The van der Waals surface area contributed by atoms with E-state index in [1.54, 1.807) is 18.2 Å². The van der Waals surface area contributed by atoms with Crippen molar-refractivity contribution in [3.05, 3.63) is 105 Å². The Labute approximate surface area is 264 Å². The number of thiophene rings is 1. The zero-order valence-corrected chi connectivity index (χ0v) is 26.2. The number of nitrogens with zero attached hydrogens (tertiary/aromatic N) is 3. The van der Waals surface area contributed by atoms with Crippen LogP contribution in [0, 0.1) is 13.8 Å². The highest BCUT2D eigenvalue weighted by Crippen LogP contribution is 2.39. The summed E-state index contributed by atoms with van der Waals surface area (Å²) >= 11 is 2.77. The standard InChI is InChI=1S/C34H33N5O3S2/c1-21-16-17-26(22(2)18-21)39-31(24-12-6-8-14-27(24)40)37-38-34(39)43-20-29(41)36-33-30(25-13-7-9-15-28(25)44-33)32(42)35-19-23-10-4-3-5-11-23/h3-6,8,10-12,14,16-18,40H,7,9,13,15,19-20H2,1-2H3,(H,35,42)(H,36,41). The summed E-state index contributed by atoms with van der Waals surface area (Å²) in [5.74, 6) is 0.251. The number of phenolic OH excluding ortho intramolecular Hbond substituents is 1. The van der Waals surface area contributed by atoms with Crippen molar-refractivity contribution in [1.82, 2.24) is 20.1 Å². The zero-order valence-electron chi connectivity index (χ0n) is 24.6. The van der Waals surface area contributed by atoms with Gasteiger partial charge >= 0.3 is 0 Å². The highest BCUT2D eigenvalue weighted by molar-refractivity contribution is 7.99. The molecule has 2 heterocycles. The average Bonchev–Trinajstić information content (AvgIpc) is 3.60. The number of aryl methyl sites for hydroxylation is 3. The number of hydrogen-bond donors (Lipinski definition) is 3. The normalized spacial score (nSPS) is 12.5. The molecule has 2 amide bonds. The lowest BCUT2D eigenvalue weighted by Crippen LogP contribution is -2.25. The van der Waals surface area contributed by atoms with Crippen molar-refractivity contribution in [3.63, 3.8) is 0 Å². The van der Waals surface area contributed by atoms with Crippen LogP contribution in [-0.4, -0.2) is 37.4 Å². The van der Waals surface area contributed by atoms with E-state index in [2.05, 4.69) is 26.9 Å². The Kier molecular flexibility index (Phi) is 8.81. The molecule has 0 saturated carbocycles. The van der Waals surface area contributed by atoms with Gasteiger partial charge in [0, 0.05) is 11.4 Å². The number of benzene rings is 3. The number of aromatic hydroxyl groups is 1. The lowest BCUT2D eigenvalue weighted by atomic mass is 9.95. The number of para-hydroxylation sites is 1. The van der Waals surface area contributed by atoms with E-state index in [1.807, 2.05) is 66.9 Å². The number of fused-ring (bicyclic) bond motifs is 1. The molecule has 0 saturated heterocycles.